The lowest BCUT2D eigenvalue weighted by atomic mass is 9.39. The highest BCUT2D eigenvalue weighted by molar-refractivity contribution is 14.1. The number of halogens is 1. The van der Waals surface area contributed by atoms with Crippen molar-refractivity contribution in [3.63, 3.8) is 0 Å². The highest BCUT2D eigenvalue weighted by atomic mass is 127. The van der Waals surface area contributed by atoms with Gasteiger partial charge in [-0.25, -0.2) is 0 Å². The first-order valence-corrected chi connectivity index (χ1v) is 5.51. The SMILES string of the molecule is BC1C(CI)C2(O)CCC12. The van der Waals surface area contributed by atoms with Gasteiger partial charge in [0.25, 0.3) is 0 Å². The number of alkyl halides is 1. The standard InChI is InChI=1S/C7H12BIO/c8-6-4-1-2-7(4,10)5(6)3-9/h4-6,10H,1-3,8H2. The zero-order chi connectivity index (χ0) is 7.35. The second kappa shape index (κ2) is 2.13. The number of hydrogen-bond acceptors (Lipinski definition) is 1. The topological polar surface area (TPSA) is 20.2 Å². The highest BCUT2D eigenvalue weighted by Crippen LogP contribution is 2.63. The van der Waals surface area contributed by atoms with Gasteiger partial charge in [0.05, 0.1) is 5.60 Å². The molecule has 2 rings (SSSR count). The molecule has 2 fully saturated rings. The fraction of sp³-hybridized carbons (Fsp3) is 1.00. The number of aliphatic hydroxyl groups is 1. The van der Waals surface area contributed by atoms with Crippen LogP contribution in [-0.4, -0.2) is 23.0 Å². The summed E-state index contributed by atoms with van der Waals surface area (Å²) in [6, 6.07) is 0. The number of rotatable bonds is 1. The average molecular weight is 250 g/mol. The second-order valence-electron chi connectivity index (χ2n) is 3.76. The van der Waals surface area contributed by atoms with E-state index in [9.17, 15) is 5.11 Å². The minimum atomic E-state index is -0.208. The van der Waals surface area contributed by atoms with E-state index in [-0.39, 0.29) is 5.60 Å². The minimum absolute atomic E-state index is 0.208. The molecule has 4 unspecified atom stereocenters. The van der Waals surface area contributed by atoms with Gasteiger partial charge in [0, 0.05) is 4.43 Å². The van der Waals surface area contributed by atoms with Gasteiger partial charge < -0.3 is 5.11 Å². The fourth-order valence-corrected chi connectivity index (χ4v) is 4.24. The minimum Gasteiger partial charge on any atom is -0.389 e. The summed E-state index contributed by atoms with van der Waals surface area (Å²) >= 11 is 2.39. The van der Waals surface area contributed by atoms with Crippen LogP contribution in [-0.2, 0) is 0 Å². The maximum Gasteiger partial charge on any atom is 0.106 e. The maximum absolute atomic E-state index is 9.89. The molecule has 0 aromatic rings. The van der Waals surface area contributed by atoms with Crippen molar-refractivity contribution < 1.29 is 5.11 Å². The third-order valence-corrected chi connectivity index (χ3v) is 4.52. The Morgan fingerprint density at radius 2 is 2.40 bits per heavy atom. The second-order valence-corrected chi connectivity index (χ2v) is 4.64. The molecule has 0 bridgehead atoms. The summed E-state index contributed by atoms with van der Waals surface area (Å²) in [5, 5.41) is 9.89. The lowest BCUT2D eigenvalue weighted by Gasteiger charge is -2.65. The largest absolute Gasteiger partial charge is 0.389 e. The van der Waals surface area contributed by atoms with Gasteiger partial charge in [-0.1, -0.05) is 28.4 Å². The van der Waals surface area contributed by atoms with Crippen molar-refractivity contribution in [1.82, 2.24) is 0 Å². The van der Waals surface area contributed by atoms with Gasteiger partial charge in [-0.05, 0) is 24.7 Å². The van der Waals surface area contributed by atoms with E-state index in [2.05, 4.69) is 30.4 Å². The van der Waals surface area contributed by atoms with Crippen LogP contribution in [0.3, 0.4) is 0 Å². The van der Waals surface area contributed by atoms with Gasteiger partial charge in [0.1, 0.15) is 7.85 Å². The summed E-state index contributed by atoms with van der Waals surface area (Å²) in [7, 11) is 2.28. The maximum atomic E-state index is 9.89. The van der Waals surface area contributed by atoms with E-state index in [0.29, 0.717) is 11.8 Å². The molecular formula is C7H12BIO. The molecule has 0 radical (unpaired) electrons. The molecule has 1 nitrogen and oxygen atoms in total. The van der Waals surface area contributed by atoms with E-state index < -0.39 is 0 Å². The third-order valence-electron chi connectivity index (χ3n) is 3.58. The van der Waals surface area contributed by atoms with Crippen LogP contribution in [0.25, 0.3) is 0 Å². The summed E-state index contributed by atoms with van der Waals surface area (Å²) in [5.41, 5.74) is -0.208. The van der Waals surface area contributed by atoms with Gasteiger partial charge in [0.15, 0.2) is 0 Å². The van der Waals surface area contributed by atoms with Gasteiger partial charge in [-0.15, -0.1) is 0 Å². The van der Waals surface area contributed by atoms with E-state index in [1.54, 1.807) is 0 Å². The monoisotopic (exact) mass is 250 g/mol. The lowest BCUT2D eigenvalue weighted by Crippen LogP contribution is -2.66. The van der Waals surface area contributed by atoms with Crippen LogP contribution in [0, 0.1) is 11.8 Å². The number of hydrogen-bond donors (Lipinski definition) is 1. The Bertz CT molecular complexity index is 164. The predicted molar refractivity (Wildman–Crippen MR) is 52.3 cm³/mol. The predicted octanol–water partition coefficient (Wildman–Crippen LogP) is 0.614. The molecular weight excluding hydrogens is 238 g/mol. The average Bonchev–Trinajstić information content (AvgIpc) is 1.87. The molecule has 0 amide bonds. The third kappa shape index (κ3) is 0.637. The molecule has 10 heavy (non-hydrogen) atoms. The molecule has 2 aliphatic carbocycles. The van der Waals surface area contributed by atoms with Crippen LogP contribution in [0.1, 0.15) is 12.8 Å². The first-order valence-electron chi connectivity index (χ1n) is 3.98. The summed E-state index contributed by atoms with van der Waals surface area (Å²) in [6.07, 6.45) is 2.33. The smallest absolute Gasteiger partial charge is 0.106 e. The fourth-order valence-electron chi connectivity index (χ4n) is 2.68. The van der Waals surface area contributed by atoms with Gasteiger partial charge in [0.2, 0.25) is 0 Å². The summed E-state index contributed by atoms with van der Waals surface area (Å²) < 4.78 is 1.13. The van der Waals surface area contributed by atoms with E-state index in [1.165, 1.54) is 6.42 Å². The van der Waals surface area contributed by atoms with Crippen molar-refractivity contribution in [2.75, 3.05) is 4.43 Å². The molecule has 56 valence electrons. The van der Waals surface area contributed by atoms with Crippen LogP contribution in [0.15, 0.2) is 0 Å². The molecule has 0 saturated heterocycles. The van der Waals surface area contributed by atoms with Crippen molar-refractivity contribution in [3.8, 4) is 0 Å². The Morgan fingerprint density at radius 1 is 1.70 bits per heavy atom. The number of fused-ring (bicyclic) bond motifs is 1. The van der Waals surface area contributed by atoms with E-state index >= 15 is 0 Å². The summed E-state index contributed by atoms with van der Waals surface area (Å²) in [5.74, 6) is 2.05. The van der Waals surface area contributed by atoms with Gasteiger partial charge in [-0.2, -0.15) is 0 Å². The molecule has 4 atom stereocenters. The molecule has 0 aliphatic heterocycles. The van der Waals surface area contributed by atoms with Crippen LogP contribution in [0.2, 0.25) is 5.82 Å². The Morgan fingerprint density at radius 3 is 2.60 bits per heavy atom. The quantitative estimate of drug-likeness (QED) is 0.410. The van der Waals surface area contributed by atoms with Gasteiger partial charge >= 0.3 is 0 Å². The van der Waals surface area contributed by atoms with E-state index in [0.717, 1.165) is 16.7 Å². The van der Waals surface area contributed by atoms with Crippen molar-refractivity contribution in [3.05, 3.63) is 0 Å². The summed E-state index contributed by atoms with van der Waals surface area (Å²) in [4.78, 5) is 0. The first-order chi connectivity index (χ1) is 4.70. The van der Waals surface area contributed by atoms with Crippen molar-refractivity contribution >= 4 is 30.4 Å². The Kier molecular flexibility index (Phi) is 1.57. The molecule has 0 heterocycles. The van der Waals surface area contributed by atoms with Crippen LogP contribution >= 0.6 is 22.6 Å². The molecule has 0 spiro atoms. The van der Waals surface area contributed by atoms with Crippen molar-refractivity contribution in [1.29, 1.82) is 0 Å². The van der Waals surface area contributed by atoms with E-state index in [4.69, 9.17) is 0 Å². The molecule has 3 heteroatoms. The Labute approximate surface area is 76.1 Å². The molecule has 0 aromatic carbocycles. The Hall–Kier alpha value is 0.755. The summed E-state index contributed by atoms with van der Waals surface area (Å²) in [6.45, 7) is 0. The zero-order valence-corrected chi connectivity index (χ0v) is 8.34. The zero-order valence-electron chi connectivity index (χ0n) is 6.18. The van der Waals surface area contributed by atoms with Crippen LogP contribution < -0.4 is 0 Å². The highest BCUT2D eigenvalue weighted by Gasteiger charge is 2.63. The molecule has 2 saturated carbocycles. The normalized spacial score (nSPS) is 58.4. The lowest BCUT2D eigenvalue weighted by molar-refractivity contribution is -0.205. The first kappa shape index (κ1) is 7.41. The van der Waals surface area contributed by atoms with Gasteiger partial charge in [-0.3, -0.25) is 0 Å². The van der Waals surface area contributed by atoms with Crippen LogP contribution in [0.5, 0.6) is 0 Å². The van der Waals surface area contributed by atoms with Crippen molar-refractivity contribution in [2.45, 2.75) is 24.3 Å². The molecule has 2 aliphatic rings. The van der Waals surface area contributed by atoms with Crippen molar-refractivity contribution in [2.24, 2.45) is 11.8 Å². The molecule has 0 aromatic heterocycles. The Balaban J connectivity index is 2.09. The molecule has 1 N–H and O–H groups in total. The van der Waals surface area contributed by atoms with E-state index in [1.807, 2.05) is 0 Å². The van der Waals surface area contributed by atoms with Crippen LogP contribution in [0.4, 0.5) is 0 Å².